The number of nitriles is 1. The summed E-state index contributed by atoms with van der Waals surface area (Å²) in [6.07, 6.45) is 1.93. The summed E-state index contributed by atoms with van der Waals surface area (Å²) in [5.74, 6) is -0.161. The zero-order valence-electron chi connectivity index (χ0n) is 17.0. The van der Waals surface area contributed by atoms with Crippen LogP contribution in [0, 0.1) is 17.1 Å². The van der Waals surface area contributed by atoms with Crippen molar-refractivity contribution in [1.29, 1.82) is 5.26 Å². The fraction of sp³-hybridized carbons (Fsp3) is 0.250. The lowest BCUT2D eigenvalue weighted by molar-refractivity contribution is -0.116. The molecule has 0 amide bonds. The molecule has 5 nitrogen and oxygen atoms in total. The summed E-state index contributed by atoms with van der Waals surface area (Å²) < 4.78 is 19.5. The van der Waals surface area contributed by atoms with Gasteiger partial charge in [0.2, 0.25) is 0 Å². The maximum absolute atomic E-state index is 13.8. The lowest BCUT2D eigenvalue weighted by Gasteiger charge is -2.37. The highest BCUT2D eigenvalue weighted by Gasteiger charge is 2.38. The summed E-state index contributed by atoms with van der Waals surface area (Å²) in [4.78, 5) is 14.6. The van der Waals surface area contributed by atoms with Crippen molar-refractivity contribution in [2.75, 3.05) is 7.05 Å². The number of ether oxygens (including phenoxy) is 1. The van der Waals surface area contributed by atoms with Gasteiger partial charge in [0.15, 0.2) is 5.78 Å². The van der Waals surface area contributed by atoms with Crippen molar-refractivity contribution in [2.24, 2.45) is 5.73 Å². The Morgan fingerprint density at radius 3 is 2.77 bits per heavy atom. The van der Waals surface area contributed by atoms with Crippen LogP contribution in [-0.2, 0) is 11.4 Å². The van der Waals surface area contributed by atoms with Gasteiger partial charge >= 0.3 is 0 Å². The predicted molar refractivity (Wildman–Crippen MR) is 115 cm³/mol. The van der Waals surface area contributed by atoms with E-state index in [0.29, 0.717) is 45.3 Å². The summed E-state index contributed by atoms with van der Waals surface area (Å²) in [5, 5.41) is 10.1. The Kier molecular flexibility index (Phi) is 5.71. The lowest BCUT2D eigenvalue weighted by Crippen LogP contribution is -2.36. The predicted octanol–water partition coefficient (Wildman–Crippen LogP) is 4.79. The molecule has 2 aromatic rings. The molecule has 1 aliphatic heterocycles. The van der Waals surface area contributed by atoms with Gasteiger partial charge in [-0.2, -0.15) is 5.26 Å². The number of carbonyl (C=O) groups excluding carboxylic acids is 1. The van der Waals surface area contributed by atoms with Crippen LogP contribution in [0.4, 0.5) is 4.39 Å². The zero-order valence-corrected chi connectivity index (χ0v) is 17.7. The van der Waals surface area contributed by atoms with Crippen molar-refractivity contribution in [3.05, 3.63) is 87.1 Å². The fourth-order valence-electron chi connectivity index (χ4n) is 4.18. The molecule has 0 unspecified atom stereocenters. The summed E-state index contributed by atoms with van der Waals surface area (Å²) in [6, 6.07) is 13.7. The van der Waals surface area contributed by atoms with Crippen molar-refractivity contribution in [2.45, 2.75) is 31.8 Å². The van der Waals surface area contributed by atoms with Gasteiger partial charge in [-0.15, -0.1) is 0 Å². The number of hydrogen-bond donors (Lipinski definition) is 1. The normalized spacial score (nSPS) is 18.7. The van der Waals surface area contributed by atoms with E-state index in [1.54, 1.807) is 48.3 Å². The second-order valence-corrected chi connectivity index (χ2v) is 8.02. The molecule has 1 heterocycles. The maximum Gasteiger partial charge on any atom is 0.161 e. The highest BCUT2D eigenvalue weighted by Crippen LogP contribution is 2.45. The molecular weight excluding hydrogens is 417 g/mol. The smallest absolute Gasteiger partial charge is 0.161 e. The van der Waals surface area contributed by atoms with Crippen LogP contribution in [0.25, 0.3) is 0 Å². The molecule has 0 saturated heterocycles. The molecule has 0 fully saturated rings. The van der Waals surface area contributed by atoms with Crippen LogP contribution in [0.5, 0.6) is 5.75 Å². The van der Waals surface area contributed by atoms with Crippen molar-refractivity contribution in [1.82, 2.24) is 4.90 Å². The number of ketones is 1. The van der Waals surface area contributed by atoms with Gasteiger partial charge in [0.1, 0.15) is 24.0 Å². The summed E-state index contributed by atoms with van der Waals surface area (Å²) in [5.41, 5.74) is 9.15. The van der Waals surface area contributed by atoms with E-state index in [1.165, 1.54) is 6.07 Å². The molecular formula is C24H21ClFN3O2. The van der Waals surface area contributed by atoms with Crippen molar-refractivity contribution in [3.8, 4) is 11.8 Å². The molecule has 0 bridgehead atoms. The Morgan fingerprint density at radius 1 is 1.29 bits per heavy atom. The first-order chi connectivity index (χ1) is 14.9. The van der Waals surface area contributed by atoms with E-state index < -0.39 is 5.92 Å². The number of benzene rings is 2. The van der Waals surface area contributed by atoms with Crippen LogP contribution in [0.2, 0.25) is 5.02 Å². The lowest BCUT2D eigenvalue weighted by atomic mass is 9.76. The van der Waals surface area contributed by atoms with E-state index in [2.05, 4.69) is 6.07 Å². The van der Waals surface area contributed by atoms with Crippen LogP contribution in [0.15, 0.2) is 65.1 Å². The molecule has 1 atom stereocenters. The molecule has 2 aliphatic rings. The number of Topliss-reactive ketones (excluding diaryl/α,β-unsaturated/α-hetero) is 1. The van der Waals surface area contributed by atoms with E-state index in [9.17, 15) is 14.4 Å². The Hall–Kier alpha value is -3.30. The Bertz CT molecular complexity index is 1170. The van der Waals surface area contributed by atoms with E-state index in [4.69, 9.17) is 22.1 Å². The Balaban J connectivity index is 1.69. The number of nitrogens with two attached hydrogens (primary N) is 1. The fourth-order valence-corrected chi connectivity index (χ4v) is 4.42. The molecule has 2 N–H and O–H groups in total. The van der Waals surface area contributed by atoms with Crippen molar-refractivity contribution >= 4 is 17.4 Å². The van der Waals surface area contributed by atoms with Gasteiger partial charge in [-0.3, -0.25) is 4.79 Å². The van der Waals surface area contributed by atoms with Crippen LogP contribution in [0.1, 0.15) is 36.3 Å². The average molecular weight is 438 g/mol. The van der Waals surface area contributed by atoms with Crippen LogP contribution >= 0.6 is 11.6 Å². The minimum atomic E-state index is -0.567. The first-order valence-electron chi connectivity index (χ1n) is 9.97. The average Bonchev–Trinajstić information content (AvgIpc) is 2.76. The first kappa shape index (κ1) is 21.0. The third-order valence-electron chi connectivity index (χ3n) is 5.80. The van der Waals surface area contributed by atoms with Crippen LogP contribution < -0.4 is 10.5 Å². The minimum absolute atomic E-state index is 0.0225. The third kappa shape index (κ3) is 3.77. The van der Waals surface area contributed by atoms with Gasteiger partial charge < -0.3 is 15.4 Å². The molecule has 0 radical (unpaired) electrons. The molecule has 0 spiro atoms. The largest absolute Gasteiger partial charge is 0.487 e. The SMILES string of the molecule is CN1C(N)=C(C#N)[C@@H](c2ccc(OCc3ccccc3F)c(Cl)c2)C2=C1CCCC2=O. The van der Waals surface area contributed by atoms with Crippen LogP contribution in [-0.4, -0.2) is 17.7 Å². The number of halogens is 2. The number of carbonyl (C=O) groups is 1. The topological polar surface area (TPSA) is 79.3 Å². The molecule has 31 heavy (non-hydrogen) atoms. The van der Waals surface area contributed by atoms with E-state index in [0.717, 1.165) is 18.5 Å². The highest BCUT2D eigenvalue weighted by atomic mass is 35.5. The standard InChI is InChI=1S/C24H21ClFN3O2/c1-29-19-7-4-8-20(30)23(19)22(16(12-27)24(29)28)14-9-10-21(17(25)11-14)31-13-15-5-2-3-6-18(15)26/h2-3,5-6,9-11,22H,4,7-8,13,28H2,1H3/t22-/m1/s1. The number of nitrogens with zero attached hydrogens (tertiary/aromatic N) is 2. The molecule has 4 rings (SSSR count). The number of allylic oxidation sites excluding steroid dienone is 3. The number of rotatable bonds is 4. The molecule has 1 aliphatic carbocycles. The number of hydrogen-bond acceptors (Lipinski definition) is 5. The Labute approximate surface area is 185 Å². The summed E-state index contributed by atoms with van der Waals surface area (Å²) in [7, 11) is 1.78. The van der Waals surface area contributed by atoms with Crippen molar-refractivity contribution < 1.29 is 13.9 Å². The first-order valence-corrected chi connectivity index (χ1v) is 10.4. The molecule has 0 saturated carbocycles. The van der Waals surface area contributed by atoms with E-state index in [1.807, 2.05) is 0 Å². The summed E-state index contributed by atoms with van der Waals surface area (Å²) in [6.45, 7) is 0.0318. The maximum atomic E-state index is 13.8. The zero-order chi connectivity index (χ0) is 22.1. The van der Waals surface area contributed by atoms with Gasteiger partial charge in [0.25, 0.3) is 0 Å². The second kappa shape index (κ2) is 8.44. The highest BCUT2D eigenvalue weighted by molar-refractivity contribution is 6.32. The van der Waals surface area contributed by atoms with Gasteiger partial charge in [-0.25, -0.2) is 4.39 Å². The van der Waals surface area contributed by atoms with Crippen LogP contribution in [0.3, 0.4) is 0 Å². The molecule has 2 aromatic carbocycles. The third-order valence-corrected chi connectivity index (χ3v) is 6.09. The van der Waals surface area contributed by atoms with Gasteiger partial charge in [-0.1, -0.05) is 35.9 Å². The minimum Gasteiger partial charge on any atom is -0.487 e. The molecule has 0 aromatic heterocycles. The Morgan fingerprint density at radius 2 is 2.06 bits per heavy atom. The van der Waals surface area contributed by atoms with Gasteiger partial charge in [-0.05, 0) is 36.6 Å². The molecule has 7 heteroatoms. The van der Waals surface area contributed by atoms with Crippen molar-refractivity contribution in [3.63, 3.8) is 0 Å². The van der Waals surface area contributed by atoms with Gasteiger partial charge in [0.05, 0.1) is 22.6 Å². The molecule has 158 valence electrons. The monoisotopic (exact) mass is 437 g/mol. The van der Waals surface area contributed by atoms with Gasteiger partial charge in [0, 0.05) is 30.3 Å². The van der Waals surface area contributed by atoms with E-state index >= 15 is 0 Å². The van der Waals surface area contributed by atoms with E-state index in [-0.39, 0.29) is 18.2 Å². The quantitative estimate of drug-likeness (QED) is 0.744. The second-order valence-electron chi connectivity index (χ2n) is 7.61. The summed E-state index contributed by atoms with van der Waals surface area (Å²) >= 11 is 6.46.